The van der Waals surface area contributed by atoms with Crippen molar-refractivity contribution in [3.63, 3.8) is 0 Å². The van der Waals surface area contributed by atoms with Gasteiger partial charge in [-0.2, -0.15) is 9.90 Å². The minimum Gasteiger partial charge on any atom is -0.153 e. The summed E-state index contributed by atoms with van der Waals surface area (Å²) in [5.74, 6) is 0. The van der Waals surface area contributed by atoms with Crippen LogP contribution in [0.5, 0.6) is 0 Å². The van der Waals surface area contributed by atoms with Crippen LogP contribution in [0.25, 0.3) is 0 Å². The molecule has 0 radical (unpaired) electrons. The van der Waals surface area contributed by atoms with Crippen molar-refractivity contribution in [2.45, 2.75) is 337 Å². The van der Waals surface area contributed by atoms with Gasteiger partial charge in [0.15, 0.2) is 0 Å². The van der Waals surface area contributed by atoms with Crippen LogP contribution in [0, 0.1) is 0 Å². The van der Waals surface area contributed by atoms with Crippen molar-refractivity contribution in [1.29, 1.82) is 0 Å². The average molecular weight is 947 g/mol. The molecule has 0 saturated carbocycles. The minimum atomic E-state index is 0. The molecule has 9 unspecified atom stereocenters. The fourth-order valence-corrected chi connectivity index (χ4v) is 14.6. The zero-order valence-corrected chi connectivity index (χ0v) is 51.5. The zero-order chi connectivity index (χ0) is 45.4. The summed E-state index contributed by atoms with van der Waals surface area (Å²) >= 11 is 0. The molecule has 0 N–H and O–H groups in total. The maximum absolute atomic E-state index is 2.41. The van der Waals surface area contributed by atoms with E-state index in [1.165, 1.54) is 203 Å². The van der Waals surface area contributed by atoms with Crippen molar-refractivity contribution in [2.24, 2.45) is 0 Å². The van der Waals surface area contributed by atoms with E-state index in [-0.39, 0.29) is 9.90 Å². The van der Waals surface area contributed by atoms with E-state index in [4.69, 9.17) is 0 Å². The lowest BCUT2D eigenvalue weighted by Crippen LogP contribution is -2.03. The third-order valence-corrected chi connectivity index (χ3v) is 18.6. The first-order chi connectivity index (χ1) is 27.5. The summed E-state index contributed by atoms with van der Waals surface area (Å²) in [4.78, 5) is 0. The van der Waals surface area contributed by atoms with Crippen LogP contribution < -0.4 is 0 Å². The van der Waals surface area contributed by atoms with Gasteiger partial charge in [-0.25, -0.2) is 0 Å². The van der Waals surface area contributed by atoms with Crippen LogP contribution in [0.4, 0.5) is 0 Å². The Morgan fingerprint density at radius 3 is 1.00 bits per heavy atom. The highest BCUT2D eigenvalue weighted by molar-refractivity contribution is 7.40. The second kappa shape index (κ2) is 60.6. The first-order valence-electron chi connectivity index (χ1n) is 26.3. The van der Waals surface area contributed by atoms with Gasteiger partial charge in [0.05, 0.1) is 0 Å². The van der Waals surface area contributed by atoms with Gasteiger partial charge in [0.25, 0.3) is 0 Å². The summed E-state index contributed by atoms with van der Waals surface area (Å²) in [5, 5.41) is 0. The third-order valence-electron chi connectivity index (χ3n) is 10.2. The Bertz CT molecular complexity index is 677. The van der Waals surface area contributed by atoms with Crippen LogP contribution in [-0.2, 0) is 0 Å². The summed E-state index contributed by atoms with van der Waals surface area (Å²) in [5.41, 5.74) is 8.64. The Kier molecular flexibility index (Phi) is 75.1. The summed E-state index contributed by atoms with van der Waals surface area (Å²) in [6, 6.07) is 0. The molecule has 0 heterocycles. The van der Waals surface area contributed by atoms with Gasteiger partial charge in [-0.15, -0.1) is 42.9 Å². The predicted molar refractivity (Wildman–Crippen MR) is 310 cm³/mol. The molecule has 0 nitrogen and oxygen atoms in total. The van der Waals surface area contributed by atoms with Gasteiger partial charge >= 0.3 is 0 Å². The van der Waals surface area contributed by atoms with Crippen LogP contribution in [0.1, 0.15) is 286 Å². The second-order valence-corrected chi connectivity index (χ2v) is 30.5. The van der Waals surface area contributed by atoms with Crippen LogP contribution in [0.2, 0.25) is 0 Å². The van der Waals surface area contributed by atoms with E-state index >= 15 is 0 Å². The maximum Gasteiger partial charge on any atom is -0.0235 e. The first kappa shape index (κ1) is 73.2. The van der Waals surface area contributed by atoms with Gasteiger partial charge in [0, 0.05) is 0 Å². The molecule has 0 rings (SSSR count). The predicted octanol–water partition coefficient (Wildman–Crippen LogP) is 21.4. The molecule has 9 atom stereocenters. The molecule has 0 spiro atoms. The summed E-state index contributed by atoms with van der Waals surface area (Å²) < 4.78 is 0. The Hall–Kier alpha value is 2.58. The molecule has 366 valence electrons. The van der Waals surface area contributed by atoms with Crippen LogP contribution in [0.3, 0.4) is 0 Å². The van der Waals surface area contributed by atoms with Crippen molar-refractivity contribution < 1.29 is 0 Å². The highest BCUT2D eigenvalue weighted by Gasteiger charge is 2.09. The highest BCUT2D eigenvalue weighted by Crippen LogP contribution is 2.33. The average Bonchev–Trinajstić information content (AvgIpc) is 3.15. The molecule has 0 bridgehead atoms. The van der Waals surface area contributed by atoms with E-state index in [0.29, 0.717) is 0 Å². The zero-order valence-electron chi connectivity index (χ0n) is 45.1. The normalized spacial score (nSPS) is 13.6. The molecule has 0 aromatic carbocycles. The van der Waals surface area contributed by atoms with Gasteiger partial charge in [-0.1, -0.05) is 234 Å². The van der Waals surface area contributed by atoms with Crippen molar-refractivity contribution >= 4 is 52.8 Å². The molecule has 0 aliphatic carbocycles. The smallest absolute Gasteiger partial charge is 0.0235 e. The van der Waals surface area contributed by atoms with Crippen molar-refractivity contribution in [3.8, 4) is 0 Å². The third kappa shape index (κ3) is 75.2. The molecule has 0 saturated heterocycles. The van der Waals surface area contributed by atoms with E-state index in [0.717, 1.165) is 50.9 Å². The highest BCUT2D eigenvalue weighted by atomic mass is 31.1. The van der Waals surface area contributed by atoms with Crippen LogP contribution >= 0.6 is 52.8 Å². The largest absolute Gasteiger partial charge is 0.153 e. The fourth-order valence-electron chi connectivity index (χ4n) is 7.15. The van der Waals surface area contributed by atoms with Gasteiger partial charge in [0.2, 0.25) is 0 Å². The van der Waals surface area contributed by atoms with Crippen molar-refractivity contribution in [2.75, 3.05) is 6.16 Å². The van der Waals surface area contributed by atoms with Crippen LogP contribution in [0.15, 0.2) is 0 Å². The molecule has 0 amide bonds. The quantitative estimate of drug-likeness (QED) is 0.0445. The van der Waals surface area contributed by atoms with E-state index < -0.39 is 0 Å². The Balaban J connectivity index is -0.000000148. The standard InChI is InChI=1S/3C11H25P.2C10H23P.H3P/c1-5-6-7-8-9-11(4)12-10(2)3;1-5-7-8-9-11(6-2)12-10(3)4;1-4-5-6-7-8-9-10-12-11(2)3;1-5-7-8-10(6-2)11-9(3)4;1-5-7-10(8-6-2)11-9(3)4;/h2*10-12H,5-9H2,1-4H3;11-12H,4-10H2,1-3H3;2*9-11H,5-8H2,1-4H3;1H3. The molecule has 0 aromatic rings. The van der Waals surface area contributed by atoms with Gasteiger partial charge in [0.1, 0.15) is 0 Å². The van der Waals surface area contributed by atoms with E-state index in [1.807, 2.05) is 0 Å². The molecular weight excluding hydrogens is 822 g/mol. The van der Waals surface area contributed by atoms with Crippen molar-refractivity contribution in [3.05, 3.63) is 0 Å². The first-order valence-corrected chi connectivity index (χ1v) is 32.2. The van der Waals surface area contributed by atoms with Crippen LogP contribution in [-0.4, -0.2) is 57.1 Å². The number of hydrogen-bond acceptors (Lipinski definition) is 0. The fraction of sp³-hybridized carbons (Fsp3) is 1.00. The molecule has 0 aliphatic rings. The maximum atomic E-state index is 2.41. The molecule has 0 fully saturated rings. The van der Waals surface area contributed by atoms with E-state index in [1.54, 1.807) is 0 Å². The molecule has 6 heteroatoms. The Labute approximate surface area is 393 Å². The van der Waals surface area contributed by atoms with E-state index in [2.05, 4.69) is 132 Å². The Morgan fingerprint density at radius 1 is 0.288 bits per heavy atom. The molecule has 0 aromatic heterocycles. The molecule has 0 aliphatic heterocycles. The molecular formula is C53H124P6. The van der Waals surface area contributed by atoms with Crippen molar-refractivity contribution in [1.82, 2.24) is 0 Å². The van der Waals surface area contributed by atoms with Gasteiger partial charge < -0.3 is 0 Å². The topological polar surface area (TPSA) is 0 Å². The molecule has 59 heavy (non-hydrogen) atoms. The van der Waals surface area contributed by atoms with Gasteiger partial charge in [-0.05, 0) is 108 Å². The number of hydrogen-bond donors (Lipinski definition) is 0. The summed E-state index contributed by atoms with van der Waals surface area (Å²) in [6.07, 6.45) is 35.7. The SMILES string of the molecule is CCCC(CCC)PC(C)C.CCCCC(CC)PC(C)C.CCCCCC(CC)PC(C)C.CCCCCCC(C)PC(C)C.CCCCCCCCPC(C)C.P. The lowest BCUT2D eigenvalue weighted by atomic mass is 10.1. The lowest BCUT2D eigenvalue weighted by Gasteiger charge is -2.17. The summed E-state index contributed by atoms with van der Waals surface area (Å²) in [7, 11) is 5.95. The number of rotatable bonds is 34. The Morgan fingerprint density at radius 2 is 0.627 bits per heavy atom. The minimum absolute atomic E-state index is 0. The summed E-state index contributed by atoms with van der Waals surface area (Å²) in [6.45, 7) is 44.2. The monoisotopic (exact) mass is 947 g/mol. The second-order valence-electron chi connectivity index (χ2n) is 19.0. The van der Waals surface area contributed by atoms with E-state index in [9.17, 15) is 0 Å². The number of unbranched alkanes of at least 4 members (excludes halogenated alkanes) is 11. The van der Waals surface area contributed by atoms with Gasteiger partial charge in [-0.3, -0.25) is 0 Å². The lowest BCUT2D eigenvalue weighted by molar-refractivity contribution is 0.626.